The maximum Gasteiger partial charge on any atom is 0.307 e. The third-order valence-corrected chi connectivity index (χ3v) is 4.17. The molecular formula is C19H19FN6O4. The van der Waals surface area contributed by atoms with Crippen LogP contribution >= 0.6 is 0 Å². The molecule has 10 nitrogen and oxygen atoms in total. The summed E-state index contributed by atoms with van der Waals surface area (Å²) in [6, 6.07) is 3.49. The van der Waals surface area contributed by atoms with Crippen LogP contribution in [-0.4, -0.2) is 38.1 Å². The number of methoxy groups -OCH3 is 1. The van der Waals surface area contributed by atoms with Gasteiger partial charge in [0.15, 0.2) is 12.1 Å². The first kappa shape index (κ1) is 20.8. The van der Waals surface area contributed by atoms with Crippen molar-refractivity contribution in [1.29, 1.82) is 0 Å². The van der Waals surface area contributed by atoms with Crippen molar-refractivity contribution in [2.45, 2.75) is 26.2 Å². The standard InChI is InChI=1S/C19H19FN6O4/c1-19(2,3)17-11(10-27)9-25(24-17)16-5-6-21-18(23-16)22-13-8-14(26(28)29)12(20)7-15(13)30-4/h5-10H,1-4H3,(H,21,22,23). The predicted molar refractivity (Wildman–Crippen MR) is 106 cm³/mol. The van der Waals surface area contributed by atoms with Gasteiger partial charge in [0, 0.05) is 36.0 Å². The molecule has 3 rings (SSSR count). The number of ether oxygens (including phenoxy) is 1. The van der Waals surface area contributed by atoms with Gasteiger partial charge in [0.1, 0.15) is 5.75 Å². The number of hydrogen-bond donors (Lipinski definition) is 1. The van der Waals surface area contributed by atoms with Crippen LogP contribution in [0.2, 0.25) is 0 Å². The number of nitrogens with zero attached hydrogens (tertiary/aromatic N) is 5. The minimum Gasteiger partial charge on any atom is -0.494 e. The molecule has 3 aromatic rings. The van der Waals surface area contributed by atoms with Gasteiger partial charge in [-0.15, -0.1) is 0 Å². The predicted octanol–water partition coefficient (Wildman–Crippen LogP) is 3.57. The number of anilines is 2. The summed E-state index contributed by atoms with van der Waals surface area (Å²) < 4.78 is 20.4. The normalized spacial score (nSPS) is 11.2. The minimum atomic E-state index is -1.02. The Morgan fingerprint density at radius 1 is 1.33 bits per heavy atom. The number of carbonyl (C=O) groups excluding carboxylic acids is 1. The molecule has 0 aliphatic carbocycles. The number of aromatic nitrogens is 4. The largest absolute Gasteiger partial charge is 0.494 e. The van der Waals surface area contributed by atoms with Crippen molar-refractivity contribution in [3.05, 3.63) is 57.8 Å². The summed E-state index contributed by atoms with van der Waals surface area (Å²) in [5, 5.41) is 18.3. The molecular weight excluding hydrogens is 395 g/mol. The summed E-state index contributed by atoms with van der Waals surface area (Å²) in [5.74, 6) is -0.539. The molecule has 0 aliphatic heterocycles. The summed E-state index contributed by atoms with van der Waals surface area (Å²) in [6.45, 7) is 5.81. The van der Waals surface area contributed by atoms with Crippen LogP contribution in [-0.2, 0) is 5.41 Å². The summed E-state index contributed by atoms with van der Waals surface area (Å²) in [7, 11) is 1.31. The van der Waals surface area contributed by atoms with E-state index in [0.717, 1.165) is 18.4 Å². The Bertz CT molecular complexity index is 1120. The molecule has 1 aromatic carbocycles. The van der Waals surface area contributed by atoms with Crippen LogP contribution in [0.4, 0.5) is 21.7 Å². The highest BCUT2D eigenvalue weighted by molar-refractivity contribution is 5.77. The van der Waals surface area contributed by atoms with Crippen molar-refractivity contribution < 1.29 is 18.8 Å². The second kappa shape index (κ2) is 7.85. The van der Waals surface area contributed by atoms with Crippen molar-refractivity contribution in [2.75, 3.05) is 12.4 Å². The fourth-order valence-electron chi connectivity index (χ4n) is 2.78. The number of rotatable bonds is 6. The van der Waals surface area contributed by atoms with Crippen molar-refractivity contribution in [1.82, 2.24) is 19.7 Å². The zero-order chi connectivity index (χ0) is 22.1. The maximum absolute atomic E-state index is 13.8. The summed E-state index contributed by atoms with van der Waals surface area (Å²) >= 11 is 0. The Labute approximate surface area is 170 Å². The van der Waals surface area contributed by atoms with Crippen molar-refractivity contribution in [3.8, 4) is 11.6 Å². The molecule has 1 N–H and O–H groups in total. The first-order valence-electron chi connectivity index (χ1n) is 8.81. The van der Waals surface area contributed by atoms with E-state index in [0.29, 0.717) is 17.1 Å². The molecule has 0 bridgehead atoms. The Morgan fingerprint density at radius 2 is 2.07 bits per heavy atom. The van der Waals surface area contributed by atoms with Gasteiger partial charge in [-0.1, -0.05) is 20.8 Å². The first-order chi connectivity index (χ1) is 14.1. The van der Waals surface area contributed by atoms with E-state index >= 15 is 0 Å². The van der Waals surface area contributed by atoms with Gasteiger partial charge in [-0.3, -0.25) is 14.9 Å². The van der Waals surface area contributed by atoms with E-state index in [2.05, 4.69) is 20.4 Å². The fourth-order valence-corrected chi connectivity index (χ4v) is 2.78. The highest BCUT2D eigenvalue weighted by Crippen LogP contribution is 2.33. The lowest BCUT2D eigenvalue weighted by molar-refractivity contribution is -0.387. The van der Waals surface area contributed by atoms with Gasteiger partial charge >= 0.3 is 5.69 Å². The molecule has 0 fully saturated rings. The number of nitro benzene ring substituents is 1. The lowest BCUT2D eigenvalue weighted by Gasteiger charge is -2.15. The molecule has 0 atom stereocenters. The molecule has 0 unspecified atom stereocenters. The first-order valence-corrected chi connectivity index (χ1v) is 8.81. The molecule has 0 spiro atoms. The monoisotopic (exact) mass is 414 g/mol. The van der Waals surface area contributed by atoms with Crippen LogP contribution in [0.25, 0.3) is 5.82 Å². The van der Waals surface area contributed by atoms with Crippen LogP contribution in [0, 0.1) is 15.9 Å². The summed E-state index contributed by atoms with van der Waals surface area (Å²) in [5.41, 5.74) is 0.0998. The van der Waals surface area contributed by atoms with Crippen LogP contribution in [0.5, 0.6) is 5.75 Å². The number of halogens is 1. The van der Waals surface area contributed by atoms with E-state index in [4.69, 9.17) is 4.74 Å². The van der Waals surface area contributed by atoms with Crippen LogP contribution in [0.15, 0.2) is 30.6 Å². The minimum absolute atomic E-state index is 0.0458. The fraction of sp³-hybridized carbons (Fsp3) is 0.263. The number of benzene rings is 1. The smallest absolute Gasteiger partial charge is 0.307 e. The average Bonchev–Trinajstić information content (AvgIpc) is 3.14. The Kier molecular flexibility index (Phi) is 5.45. The number of hydrogen-bond acceptors (Lipinski definition) is 8. The molecule has 0 amide bonds. The molecule has 0 saturated heterocycles. The van der Waals surface area contributed by atoms with Crippen LogP contribution < -0.4 is 10.1 Å². The van der Waals surface area contributed by atoms with E-state index in [1.54, 1.807) is 12.3 Å². The Balaban J connectivity index is 2.00. The highest BCUT2D eigenvalue weighted by atomic mass is 19.1. The number of nitrogens with one attached hydrogen (secondary N) is 1. The molecule has 11 heteroatoms. The molecule has 156 valence electrons. The Hall–Kier alpha value is -3.89. The number of nitro groups is 1. The van der Waals surface area contributed by atoms with Gasteiger partial charge in [-0.05, 0) is 0 Å². The van der Waals surface area contributed by atoms with Crippen molar-refractivity contribution >= 4 is 23.6 Å². The summed E-state index contributed by atoms with van der Waals surface area (Å²) in [4.78, 5) is 30.0. The van der Waals surface area contributed by atoms with E-state index in [1.165, 1.54) is 18.0 Å². The van der Waals surface area contributed by atoms with Gasteiger partial charge in [0.2, 0.25) is 11.8 Å². The molecule has 2 aromatic heterocycles. The van der Waals surface area contributed by atoms with Crippen molar-refractivity contribution in [2.24, 2.45) is 0 Å². The second-order valence-electron chi connectivity index (χ2n) is 7.37. The third-order valence-electron chi connectivity index (χ3n) is 4.17. The van der Waals surface area contributed by atoms with Crippen molar-refractivity contribution in [3.63, 3.8) is 0 Å². The topological polar surface area (TPSA) is 125 Å². The van der Waals surface area contributed by atoms with E-state index in [-0.39, 0.29) is 22.8 Å². The van der Waals surface area contributed by atoms with Gasteiger partial charge < -0.3 is 10.1 Å². The molecule has 0 saturated carbocycles. The lowest BCUT2D eigenvalue weighted by atomic mass is 9.90. The molecule has 0 radical (unpaired) electrons. The highest BCUT2D eigenvalue weighted by Gasteiger charge is 2.23. The van der Waals surface area contributed by atoms with Gasteiger partial charge in [-0.2, -0.15) is 14.5 Å². The van der Waals surface area contributed by atoms with Gasteiger partial charge in [0.05, 0.1) is 29.0 Å². The van der Waals surface area contributed by atoms with Gasteiger partial charge in [-0.25, -0.2) is 9.67 Å². The van der Waals surface area contributed by atoms with Crippen LogP contribution in [0.1, 0.15) is 36.8 Å². The Morgan fingerprint density at radius 3 is 2.63 bits per heavy atom. The number of carbonyl (C=O) groups is 1. The zero-order valence-corrected chi connectivity index (χ0v) is 16.7. The average molecular weight is 414 g/mol. The van der Waals surface area contributed by atoms with E-state index < -0.39 is 16.4 Å². The molecule has 30 heavy (non-hydrogen) atoms. The third kappa shape index (κ3) is 4.09. The molecule has 0 aliphatic rings. The van der Waals surface area contributed by atoms with E-state index in [1.807, 2.05) is 20.8 Å². The zero-order valence-electron chi connectivity index (χ0n) is 16.7. The second-order valence-corrected chi connectivity index (χ2v) is 7.37. The quantitative estimate of drug-likeness (QED) is 0.369. The number of aldehydes is 1. The van der Waals surface area contributed by atoms with E-state index in [9.17, 15) is 19.3 Å². The SMILES string of the molecule is COc1cc(F)c([N+](=O)[O-])cc1Nc1nccc(-n2cc(C=O)c(C(C)(C)C)n2)n1. The molecule has 2 heterocycles. The maximum atomic E-state index is 13.8. The van der Waals surface area contributed by atoms with Crippen LogP contribution in [0.3, 0.4) is 0 Å². The summed E-state index contributed by atoms with van der Waals surface area (Å²) in [6.07, 6.45) is 3.74. The lowest BCUT2D eigenvalue weighted by Crippen LogP contribution is -2.15. The van der Waals surface area contributed by atoms with Gasteiger partial charge in [0.25, 0.3) is 0 Å².